The first-order valence-electron chi connectivity index (χ1n) is 25.3. The Morgan fingerprint density at radius 2 is 0.753 bits per heavy atom. The number of fused-ring (bicyclic) bond motifs is 16. The summed E-state index contributed by atoms with van der Waals surface area (Å²) in [6, 6.07) is 96.5. The second-order valence-electron chi connectivity index (χ2n) is 19.8. The number of para-hydroxylation sites is 2. The molecule has 0 saturated heterocycles. The average Bonchev–Trinajstić information content (AvgIpc) is 4.26. The first kappa shape index (κ1) is 40.3. The zero-order valence-electron chi connectivity index (χ0n) is 39.7. The van der Waals surface area contributed by atoms with Gasteiger partial charge in [0.05, 0.1) is 5.41 Å². The van der Waals surface area contributed by atoms with Crippen LogP contribution in [-0.4, -0.2) is 0 Å². The van der Waals surface area contributed by atoms with Crippen LogP contribution in [0.4, 0.5) is 17.1 Å². The fraction of sp³-hybridized carbons (Fsp3) is 0.0141. The molecule has 0 radical (unpaired) electrons. The molecule has 13 aromatic rings. The molecule has 16 rings (SSSR count). The minimum Gasteiger partial charge on any atom is -0.455 e. The van der Waals surface area contributed by atoms with Crippen LogP contribution < -0.4 is 4.90 Å². The predicted octanol–water partition coefficient (Wildman–Crippen LogP) is 19.2. The topological polar surface area (TPSA) is 16.4 Å². The van der Waals surface area contributed by atoms with Crippen LogP contribution in [0, 0.1) is 0 Å². The maximum Gasteiger partial charge on any atom is 0.143 e. The first-order chi connectivity index (χ1) is 36.2. The van der Waals surface area contributed by atoms with Gasteiger partial charge in [-0.15, -0.1) is 0 Å². The maximum atomic E-state index is 6.53. The summed E-state index contributed by atoms with van der Waals surface area (Å²) in [5.41, 5.74) is 27.5. The van der Waals surface area contributed by atoms with Gasteiger partial charge in [-0.3, -0.25) is 0 Å². The molecule has 2 heteroatoms. The van der Waals surface area contributed by atoms with Gasteiger partial charge in [0.25, 0.3) is 0 Å². The van der Waals surface area contributed by atoms with E-state index in [1.807, 2.05) is 6.07 Å². The van der Waals surface area contributed by atoms with Gasteiger partial charge < -0.3 is 9.32 Å². The van der Waals surface area contributed by atoms with Crippen LogP contribution in [0.5, 0.6) is 0 Å². The molecule has 0 saturated carbocycles. The van der Waals surface area contributed by atoms with E-state index in [2.05, 4.69) is 260 Å². The molecule has 0 bridgehead atoms. The van der Waals surface area contributed by atoms with Crippen LogP contribution in [0.3, 0.4) is 0 Å². The molecule has 0 amide bonds. The molecule has 338 valence electrons. The summed E-state index contributed by atoms with van der Waals surface area (Å²) in [6.45, 7) is 0. The number of hydrogen-bond donors (Lipinski definition) is 0. The van der Waals surface area contributed by atoms with Gasteiger partial charge in [0.15, 0.2) is 0 Å². The van der Waals surface area contributed by atoms with E-state index in [0.717, 1.165) is 50.1 Å². The first-order valence-corrected chi connectivity index (χ1v) is 25.3. The third kappa shape index (κ3) is 5.58. The van der Waals surface area contributed by atoms with Gasteiger partial charge in [-0.1, -0.05) is 218 Å². The van der Waals surface area contributed by atoms with Gasteiger partial charge in [0.1, 0.15) is 11.2 Å². The lowest BCUT2D eigenvalue weighted by atomic mass is 9.70. The smallest absolute Gasteiger partial charge is 0.143 e. The van der Waals surface area contributed by atoms with E-state index in [-0.39, 0.29) is 0 Å². The van der Waals surface area contributed by atoms with E-state index in [1.54, 1.807) is 0 Å². The summed E-state index contributed by atoms with van der Waals surface area (Å²) in [5, 5.41) is 4.88. The van der Waals surface area contributed by atoms with Gasteiger partial charge in [0, 0.05) is 33.4 Å². The predicted molar refractivity (Wildman–Crippen MR) is 303 cm³/mol. The second-order valence-corrected chi connectivity index (χ2v) is 19.8. The molecule has 0 unspecified atom stereocenters. The van der Waals surface area contributed by atoms with Crippen molar-refractivity contribution in [1.29, 1.82) is 0 Å². The Kier molecular flexibility index (Phi) is 8.41. The molecule has 3 aliphatic rings. The van der Waals surface area contributed by atoms with Crippen molar-refractivity contribution in [2.75, 3.05) is 4.90 Å². The lowest BCUT2D eigenvalue weighted by Gasteiger charge is -2.30. The van der Waals surface area contributed by atoms with Crippen LogP contribution in [0.15, 0.2) is 265 Å². The van der Waals surface area contributed by atoms with Crippen molar-refractivity contribution in [3.05, 3.63) is 283 Å². The van der Waals surface area contributed by atoms with E-state index in [9.17, 15) is 0 Å². The Labute approximate surface area is 423 Å². The molecule has 0 N–H and O–H groups in total. The number of rotatable bonds is 6. The molecular weight excluding hydrogens is 883 g/mol. The highest BCUT2D eigenvalue weighted by molar-refractivity contribution is 6.19. The molecule has 2 nitrogen and oxygen atoms in total. The molecule has 0 atom stereocenters. The van der Waals surface area contributed by atoms with Crippen LogP contribution in [0.1, 0.15) is 22.3 Å². The molecule has 1 heterocycles. The van der Waals surface area contributed by atoms with Crippen molar-refractivity contribution in [2.24, 2.45) is 0 Å². The third-order valence-electron chi connectivity index (χ3n) is 16.3. The van der Waals surface area contributed by atoms with Crippen LogP contribution >= 0.6 is 0 Å². The second kappa shape index (κ2) is 15.3. The summed E-state index contributed by atoms with van der Waals surface area (Å²) in [6.07, 6.45) is 0. The highest BCUT2D eigenvalue weighted by Gasteiger charge is 2.52. The summed E-state index contributed by atoms with van der Waals surface area (Å²) >= 11 is 0. The summed E-state index contributed by atoms with van der Waals surface area (Å²) in [5.74, 6) is 0. The van der Waals surface area contributed by atoms with Crippen molar-refractivity contribution in [3.8, 4) is 77.9 Å². The van der Waals surface area contributed by atoms with Crippen LogP contribution in [0.25, 0.3) is 111 Å². The van der Waals surface area contributed by atoms with E-state index < -0.39 is 5.41 Å². The molecule has 3 aliphatic carbocycles. The van der Waals surface area contributed by atoms with Gasteiger partial charge in [-0.2, -0.15) is 0 Å². The Morgan fingerprint density at radius 3 is 1.47 bits per heavy atom. The van der Waals surface area contributed by atoms with Crippen LogP contribution in [0.2, 0.25) is 0 Å². The highest BCUT2D eigenvalue weighted by atomic mass is 16.3. The highest BCUT2D eigenvalue weighted by Crippen LogP contribution is 2.64. The molecule has 0 fully saturated rings. The summed E-state index contributed by atoms with van der Waals surface area (Å²) < 4.78 is 6.53. The van der Waals surface area contributed by atoms with Crippen LogP contribution in [-0.2, 0) is 5.41 Å². The van der Waals surface area contributed by atoms with Crippen molar-refractivity contribution in [3.63, 3.8) is 0 Å². The van der Waals surface area contributed by atoms with Gasteiger partial charge >= 0.3 is 0 Å². The van der Waals surface area contributed by atoms with E-state index in [1.165, 1.54) is 99.8 Å². The zero-order valence-corrected chi connectivity index (χ0v) is 39.7. The average molecular weight is 926 g/mol. The van der Waals surface area contributed by atoms with Gasteiger partial charge in [-0.25, -0.2) is 0 Å². The number of hydrogen-bond acceptors (Lipinski definition) is 2. The van der Waals surface area contributed by atoms with Gasteiger partial charge in [0.2, 0.25) is 0 Å². The standard InChI is InChI=1S/C71H43NO/c1-2-18-54-53(17-1)59-26-13-25-58-50(41-42-60(54)68(58)59)44-33-37-47(38-34-44)72(48-39-35-45(36-40-48)52-24-12-27-61-57-21-6-10-32-67(57)73-70(52)61)49-16-11-15-46(43-49)51-23-14-31-66-69(51)62-22-5-9-30-65(62)71(66)63-28-7-3-19-55(63)56-20-4-8-29-64(56)71/h1-43H. The van der Waals surface area contributed by atoms with E-state index in [4.69, 9.17) is 4.42 Å². The third-order valence-corrected chi connectivity index (χ3v) is 16.3. The van der Waals surface area contributed by atoms with Crippen molar-refractivity contribution in [1.82, 2.24) is 0 Å². The molecule has 0 aliphatic heterocycles. The minimum atomic E-state index is -0.413. The van der Waals surface area contributed by atoms with Crippen molar-refractivity contribution >= 4 is 49.8 Å². The Morgan fingerprint density at radius 1 is 0.274 bits per heavy atom. The van der Waals surface area contributed by atoms with E-state index >= 15 is 0 Å². The Balaban J connectivity index is 0.850. The largest absolute Gasteiger partial charge is 0.455 e. The fourth-order valence-corrected chi connectivity index (χ4v) is 13.3. The molecule has 1 aromatic heterocycles. The fourth-order valence-electron chi connectivity index (χ4n) is 13.3. The minimum absolute atomic E-state index is 0.413. The number of benzene rings is 12. The lowest BCUT2D eigenvalue weighted by Crippen LogP contribution is -2.25. The summed E-state index contributed by atoms with van der Waals surface area (Å²) in [7, 11) is 0. The number of nitrogens with zero attached hydrogens (tertiary/aromatic N) is 1. The monoisotopic (exact) mass is 925 g/mol. The molecule has 73 heavy (non-hydrogen) atoms. The maximum absolute atomic E-state index is 6.53. The number of anilines is 3. The lowest BCUT2D eigenvalue weighted by molar-refractivity contribution is 0.670. The molecule has 12 aromatic carbocycles. The molecular formula is C71H43NO. The van der Waals surface area contributed by atoms with Crippen molar-refractivity contribution in [2.45, 2.75) is 5.41 Å². The van der Waals surface area contributed by atoms with Crippen molar-refractivity contribution < 1.29 is 4.42 Å². The Bertz CT molecular complexity index is 4360. The normalized spacial score (nSPS) is 13.0. The Hall–Kier alpha value is -9.50. The van der Waals surface area contributed by atoms with Gasteiger partial charge in [-0.05, 0) is 148 Å². The number of furan rings is 1. The zero-order chi connectivity index (χ0) is 47.8. The molecule has 1 spiro atoms. The quantitative estimate of drug-likeness (QED) is 0.165. The summed E-state index contributed by atoms with van der Waals surface area (Å²) in [4.78, 5) is 2.41. The SMILES string of the molecule is c1cc(-c2cccc3c2-c2ccccc2C32c3ccccc3-c3ccccc32)cc(N(c2ccc(-c3ccc4c5c(cccc35)-c3ccccc3-4)cc2)c2ccc(-c3cccc4c3oc3ccccc34)cc2)c1. The van der Waals surface area contributed by atoms with E-state index in [0.29, 0.717) is 0 Å².